The number of hydrogen-bond donors (Lipinski definition) is 1. The average molecular weight is 399 g/mol. The molecular formula is C20H13Cl2FN4. The SMILES string of the molecule is Fc1cc(Cl)cnc1[C@@H](Nc1ncc2ccccc2n1)c1ccc(Cl)cc1. The highest BCUT2D eigenvalue weighted by Gasteiger charge is 2.21. The maximum atomic E-state index is 14.6. The van der Waals surface area contributed by atoms with Gasteiger partial charge >= 0.3 is 0 Å². The normalized spacial score (nSPS) is 12.1. The number of halogens is 3. The van der Waals surface area contributed by atoms with Crippen LogP contribution in [0.2, 0.25) is 10.0 Å². The molecule has 0 amide bonds. The molecule has 27 heavy (non-hydrogen) atoms. The van der Waals surface area contributed by atoms with E-state index in [9.17, 15) is 4.39 Å². The molecule has 4 nitrogen and oxygen atoms in total. The summed E-state index contributed by atoms with van der Waals surface area (Å²) in [6.45, 7) is 0. The topological polar surface area (TPSA) is 50.7 Å². The minimum absolute atomic E-state index is 0.193. The van der Waals surface area contributed by atoms with Crippen LogP contribution in [0.3, 0.4) is 0 Å². The lowest BCUT2D eigenvalue weighted by Crippen LogP contribution is -2.17. The van der Waals surface area contributed by atoms with Crippen LogP contribution >= 0.6 is 23.2 Å². The smallest absolute Gasteiger partial charge is 0.224 e. The van der Waals surface area contributed by atoms with Gasteiger partial charge in [-0.3, -0.25) is 4.98 Å². The Hall–Kier alpha value is -2.76. The van der Waals surface area contributed by atoms with E-state index in [0.717, 1.165) is 16.5 Å². The van der Waals surface area contributed by atoms with Crippen LogP contribution in [-0.2, 0) is 0 Å². The van der Waals surface area contributed by atoms with Crippen LogP contribution in [0.15, 0.2) is 67.0 Å². The third-order valence-electron chi connectivity index (χ3n) is 4.08. The number of nitrogens with one attached hydrogen (secondary N) is 1. The second-order valence-corrected chi connectivity index (χ2v) is 6.77. The van der Waals surface area contributed by atoms with E-state index in [1.807, 2.05) is 24.3 Å². The molecule has 0 bridgehead atoms. The van der Waals surface area contributed by atoms with Crippen LogP contribution in [0.25, 0.3) is 10.9 Å². The molecule has 2 aromatic heterocycles. The van der Waals surface area contributed by atoms with E-state index in [2.05, 4.69) is 20.3 Å². The molecule has 0 radical (unpaired) electrons. The molecule has 0 saturated heterocycles. The van der Waals surface area contributed by atoms with Crippen molar-refractivity contribution in [2.75, 3.05) is 5.32 Å². The number of aromatic nitrogens is 3. The summed E-state index contributed by atoms with van der Waals surface area (Å²) in [5.74, 6) is -0.152. The maximum absolute atomic E-state index is 14.6. The van der Waals surface area contributed by atoms with E-state index in [4.69, 9.17) is 23.2 Å². The van der Waals surface area contributed by atoms with Crippen LogP contribution in [0.1, 0.15) is 17.3 Å². The molecule has 0 unspecified atom stereocenters. The first-order chi connectivity index (χ1) is 13.1. The molecule has 2 aromatic carbocycles. The van der Waals surface area contributed by atoms with Crippen molar-refractivity contribution >= 4 is 40.1 Å². The second kappa shape index (κ2) is 7.47. The van der Waals surface area contributed by atoms with Crippen molar-refractivity contribution in [2.45, 2.75) is 6.04 Å². The number of anilines is 1. The van der Waals surface area contributed by atoms with Gasteiger partial charge in [0.2, 0.25) is 5.95 Å². The number of hydrogen-bond acceptors (Lipinski definition) is 4. The fourth-order valence-electron chi connectivity index (χ4n) is 2.77. The van der Waals surface area contributed by atoms with E-state index in [1.165, 1.54) is 12.3 Å². The summed E-state index contributed by atoms with van der Waals surface area (Å²) in [4.78, 5) is 13.0. The van der Waals surface area contributed by atoms with Gasteiger partial charge in [0.15, 0.2) is 0 Å². The van der Waals surface area contributed by atoms with Gasteiger partial charge in [0.05, 0.1) is 16.6 Å². The molecule has 0 aliphatic carbocycles. The molecule has 7 heteroatoms. The van der Waals surface area contributed by atoms with Gasteiger partial charge in [-0.15, -0.1) is 0 Å². The zero-order chi connectivity index (χ0) is 18.8. The van der Waals surface area contributed by atoms with E-state index in [0.29, 0.717) is 11.0 Å². The summed E-state index contributed by atoms with van der Waals surface area (Å²) < 4.78 is 14.6. The van der Waals surface area contributed by atoms with E-state index in [-0.39, 0.29) is 10.7 Å². The summed E-state index contributed by atoms with van der Waals surface area (Å²) in [7, 11) is 0. The van der Waals surface area contributed by atoms with Crippen LogP contribution in [0.4, 0.5) is 10.3 Å². The molecule has 0 saturated carbocycles. The van der Waals surface area contributed by atoms with E-state index < -0.39 is 11.9 Å². The molecule has 0 fully saturated rings. The molecular weight excluding hydrogens is 386 g/mol. The number of fused-ring (bicyclic) bond motifs is 1. The number of para-hydroxylation sites is 1. The zero-order valence-electron chi connectivity index (χ0n) is 13.9. The first kappa shape index (κ1) is 17.6. The van der Waals surface area contributed by atoms with E-state index in [1.54, 1.807) is 30.5 Å². The van der Waals surface area contributed by atoms with Gasteiger partial charge in [-0.2, -0.15) is 0 Å². The van der Waals surface area contributed by atoms with Crippen LogP contribution in [-0.4, -0.2) is 15.0 Å². The monoisotopic (exact) mass is 398 g/mol. The Kier molecular flexibility index (Phi) is 4.88. The minimum atomic E-state index is -0.610. The van der Waals surface area contributed by atoms with E-state index >= 15 is 0 Å². The van der Waals surface area contributed by atoms with Crippen molar-refractivity contribution in [2.24, 2.45) is 0 Å². The molecule has 0 aliphatic heterocycles. The summed E-state index contributed by atoms with van der Waals surface area (Å²) in [5.41, 5.74) is 1.75. The number of rotatable bonds is 4. The first-order valence-corrected chi connectivity index (χ1v) is 8.90. The maximum Gasteiger partial charge on any atom is 0.224 e. The van der Waals surface area contributed by atoms with Crippen molar-refractivity contribution in [1.29, 1.82) is 0 Å². The Balaban J connectivity index is 1.77. The Morgan fingerprint density at radius 3 is 2.44 bits per heavy atom. The fraction of sp³-hybridized carbons (Fsp3) is 0.0500. The second-order valence-electron chi connectivity index (χ2n) is 5.90. The lowest BCUT2D eigenvalue weighted by molar-refractivity contribution is 0.592. The first-order valence-electron chi connectivity index (χ1n) is 8.15. The van der Waals surface area contributed by atoms with Gasteiger partial charge < -0.3 is 5.32 Å². The van der Waals surface area contributed by atoms with Gasteiger partial charge in [0, 0.05) is 22.8 Å². The van der Waals surface area contributed by atoms with Crippen molar-refractivity contribution in [3.63, 3.8) is 0 Å². The van der Waals surface area contributed by atoms with Gasteiger partial charge in [0.25, 0.3) is 0 Å². The zero-order valence-corrected chi connectivity index (χ0v) is 15.4. The highest BCUT2D eigenvalue weighted by Crippen LogP contribution is 2.28. The number of benzene rings is 2. The molecule has 0 aliphatic rings. The molecule has 4 aromatic rings. The third kappa shape index (κ3) is 3.84. The average Bonchev–Trinajstić information content (AvgIpc) is 2.67. The lowest BCUT2D eigenvalue weighted by Gasteiger charge is -2.19. The predicted molar refractivity (Wildman–Crippen MR) is 106 cm³/mol. The Bertz CT molecular complexity index is 1100. The fourth-order valence-corrected chi connectivity index (χ4v) is 3.04. The summed E-state index contributed by atoms with van der Waals surface area (Å²) >= 11 is 11.8. The predicted octanol–water partition coefficient (Wildman–Crippen LogP) is 5.67. The van der Waals surface area contributed by atoms with Crippen LogP contribution < -0.4 is 5.32 Å². The highest BCUT2D eigenvalue weighted by molar-refractivity contribution is 6.30. The van der Waals surface area contributed by atoms with Gasteiger partial charge in [-0.1, -0.05) is 53.5 Å². The summed E-state index contributed by atoms with van der Waals surface area (Å²) in [6, 6.07) is 15.3. The number of nitrogens with zero attached hydrogens (tertiary/aromatic N) is 3. The summed E-state index contributed by atoms with van der Waals surface area (Å²) in [6.07, 6.45) is 3.13. The van der Waals surface area contributed by atoms with Crippen molar-refractivity contribution in [3.8, 4) is 0 Å². The lowest BCUT2D eigenvalue weighted by atomic mass is 10.0. The Labute approximate surface area is 165 Å². The standard InChI is InChI=1S/C20H13Cl2FN4/c21-14-7-5-12(6-8-14)18(19-16(23)9-15(22)11-24-19)27-20-25-10-13-3-1-2-4-17(13)26-20/h1-11,18H,(H,25,26,27)/t18-/m0/s1. The van der Waals surface area contributed by atoms with Crippen LogP contribution in [0.5, 0.6) is 0 Å². The van der Waals surface area contributed by atoms with Gasteiger partial charge in [-0.05, 0) is 29.8 Å². The molecule has 134 valence electrons. The van der Waals surface area contributed by atoms with Gasteiger partial charge in [0.1, 0.15) is 11.5 Å². The quantitative estimate of drug-likeness (QED) is 0.480. The molecule has 0 spiro atoms. The Morgan fingerprint density at radius 2 is 1.67 bits per heavy atom. The third-order valence-corrected chi connectivity index (χ3v) is 4.53. The summed E-state index contributed by atoms with van der Waals surface area (Å²) in [5, 5.41) is 4.91. The molecule has 4 rings (SSSR count). The highest BCUT2D eigenvalue weighted by atomic mass is 35.5. The largest absolute Gasteiger partial charge is 0.342 e. The van der Waals surface area contributed by atoms with Crippen molar-refractivity contribution < 1.29 is 4.39 Å². The Morgan fingerprint density at radius 1 is 0.889 bits per heavy atom. The molecule has 1 N–H and O–H groups in total. The van der Waals surface area contributed by atoms with Crippen molar-refractivity contribution in [1.82, 2.24) is 15.0 Å². The molecule has 1 atom stereocenters. The minimum Gasteiger partial charge on any atom is -0.342 e. The van der Waals surface area contributed by atoms with Crippen molar-refractivity contribution in [3.05, 3.63) is 94.1 Å². The number of pyridine rings is 1. The molecule has 2 heterocycles. The van der Waals surface area contributed by atoms with Crippen LogP contribution in [0, 0.1) is 5.82 Å². The van der Waals surface area contributed by atoms with Gasteiger partial charge in [-0.25, -0.2) is 14.4 Å².